The van der Waals surface area contributed by atoms with E-state index in [0.717, 1.165) is 5.56 Å². The minimum atomic E-state index is -0.0952. The van der Waals surface area contributed by atoms with Gasteiger partial charge in [0.25, 0.3) is 0 Å². The molecule has 1 atom stereocenters. The molecular formula is C12H13Cl2NO. The van der Waals surface area contributed by atoms with E-state index in [2.05, 4.69) is 11.9 Å². The second kappa shape index (κ2) is 5.92. The van der Waals surface area contributed by atoms with Gasteiger partial charge in [-0.2, -0.15) is 0 Å². The number of hydrogen-bond acceptors (Lipinski definition) is 1. The van der Waals surface area contributed by atoms with Crippen molar-refractivity contribution < 1.29 is 4.79 Å². The van der Waals surface area contributed by atoms with Crippen LogP contribution in [0.15, 0.2) is 30.9 Å². The SMILES string of the molecule is C=CCC(=O)NC(C)c1ccc(Cl)c(Cl)c1. The summed E-state index contributed by atoms with van der Waals surface area (Å²) in [6.07, 6.45) is 1.88. The fraction of sp³-hybridized carbons (Fsp3) is 0.250. The molecule has 0 spiro atoms. The zero-order valence-electron chi connectivity index (χ0n) is 8.97. The van der Waals surface area contributed by atoms with E-state index >= 15 is 0 Å². The van der Waals surface area contributed by atoms with Gasteiger partial charge in [-0.05, 0) is 24.6 Å². The minimum absolute atomic E-state index is 0.0615. The molecule has 1 N–H and O–H groups in total. The van der Waals surface area contributed by atoms with Crippen molar-refractivity contribution in [1.82, 2.24) is 5.32 Å². The molecule has 1 aromatic carbocycles. The Morgan fingerprint density at radius 2 is 2.19 bits per heavy atom. The minimum Gasteiger partial charge on any atom is -0.349 e. The molecule has 0 saturated heterocycles. The topological polar surface area (TPSA) is 29.1 Å². The summed E-state index contributed by atoms with van der Waals surface area (Å²) in [5.74, 6) is -0.0615. The van der Waals surface area contributed by atoms with Gasteiger partial charge in [0.15, 0.2) is 0 Å². The number of carbonyl (C=O) groups is 1. The number of carbonyl (C=O) groups excluding carboxylic acids is 1. The van der Waals surface area contributed by atoms with Gasteiger partial charge < -0.3 is 5.32 Å². The van der Waals surface area contributed by atoms with Gasteiger partial charge in [0.1, 0.15) is 0 Å². The molecule has 0 aliphatic heterocycles. The molecule has 0 radical (unpaired) electrons. The van der Waals surface area contributed by atoms with Crippen LogP contribution in [0.4, 0.5) is 0 Å². The summed E-state index contributed by atoms with van der Waals surface area (Å²) in [4.78, 5) is 11.3. The molecule has 1 unspecified atom stereocenters. The Labute approximate surface area is 105 Å². The predicted molar refractivity (Wildman–Crippen MR) is 67.8 cm³/mol. The molecule has 4 heteroatoms. The normalized spacial score (nSPS) is 11.9. The molecule has 0 heterocycles. The van der Waals surface area contributed by atoms with Crippen LogP contribution < -0.4 is 5.32 Å². The molecule has 1 rings (SSSR count). The summed E-state index contributed by atoms with van der Waals surface area (Å²) in [5.41, 5.74) is 0.923. The zero-order chi connectivity index (χ0) is 12.1. The molecule has 1 amide bonds. The second-order valence-electron chi connectivity index (χ2n) is 3.46. The van der Waals surface area contributed by atoms with E-state index in [0.29, 0.717) is 16.5 Å². The second-order valence-corrected chi connectivity index (χ2v) is 4.27. The van der Waals surface area contributed by atoms with Gasteiger partial charge in [0, 0.05) is 6.42 Å². The Hall–Kier alpha value is -0.990. The lowest BCUT2D eigenvalue weighted by Crippen LogP contribution is -2.25. The van der Waals surface area contributed by atoms with Crippen LogP contribution in [-0.2, 0) is 4.79 Å². The summed E-state index contributed by atoms with van der Waals surface area (Å²) in [5, 5.41) is 3.83. The Morgan fingerprint density at radius 3 is 2.75 bits per heavy atom. The highest BCUT2D eigenvalue weighted by atomic mass is 35.5. The first-order valence-corrected chi connectivity index (χ1v) is 5.65. The highest BCUT2D eigenvalue weighted by Gasteiger charge is 2.09. The van der Waals surface area contributed by atoms with Crippen molar-refractivity contribution in [1.29, 1.82) is 0 Å². The molecular weight excluding hydrogens is 245 g/mol. The lowest BCUT2D eigenvalue weighted by Gasteiger charge is -2.14. The average molecular weight is 258 g/mol. The maximum absolute atomic E-state index is 11.3. The van der Waals surface area contributed by atoms with E-state index in [-0.39, 0.29) is 11.9 Å². The van der Waals surface area contributed by atoms with Gasteiger partial charge in [-0.25, -0.2) is 0 Å². The largest absolute Gasteiger partial charge is 0.349 e. The number of rotatable bonds is 4. The van der Waals surface area contributed by atoms with Gasteiger partial charge in [0.2, 0.25) is 5.91 Å². The first-order valence-electron chi connectivity index (χ1n) is 4.89. The van der Waals surface area contributed by atoms with Gasteiger partial charge in [-0.15, -0.1) is 6.58 Å². The van der Waals surface area contributed by atoms with Crippen LogP contribution >= 0.6 is 23.2 Å². The molecule has 0 saturated carbocycles. The highest BCUT2D eigenvalue weighted by molar-refractivity contribution is 6.42. The molecule has 1 aromatic rings. The van der Waals surface area contributed by atoms with E-state index < -0.39 is 0 Å². The van der Waals surface area contributed by atoms with E-state index in [9.17, 15) is 4.79 Å². The first-order chi connectivity index (χ1) is 7.54. The van der Waals surface area contributed by atoms with Gasteiger partial charge in [-0.1, -0.05) is 35.3 Å². The van der Waals surface area contributed by atoms with Crippen LogP contribution in [0, 0.1) is 0 Å². The lowest BCUT2D eigenvalue weighted by atomic mass is 10.1. The Balaban J connectivity index is 2.72. The van der Waals surface area contributed by atoms with Crippen molar-refractivity contribution in [3.05, 3.63) is 46.5 Å². The highest BCUT2D eigenvalue weighted by Crippen LogP contribution is 2.25. The van der Waals surface area contributed by atoms with E-state index in [1.54, 1.807) is 18.2 Å². The van der Waals surface area contributed by atoms with Crippen LogP contribution in [0.3, 0.4) is 0 Å². The smallest absolute Gasteiger partial charge is 0.224 e. The van der Waals surface area contributed by atoms with Crippen molar-refractivity contribution in [2.75, 3.05) is 0 Å². The third kappa shape index (κ3) is 3.54. The fourth-order valence-electron chi connectivity index (χ4n) is 1.30. The molecule has 0 bridgehead atoms. The van der Waals surface area contributed by atoms with Crippen molar-refractivity contribution in [3.8, 4) is 0 Å². The van der Waals surface area contributed by atoms with Crippen LogP contribution in [0.1, 0.15) is 24.9 Å². The van der Waals surface area contributed by atoms with Crippen molar-refractivity contribution in [2.24, 2.45) is 0 Å². The molecule has 16 heavy (non-hydrogen) atoms. The molecule has 0 aliphatic carbocycles. The maximum atomic E-state index is 11.3. The third-order valence-electron chi connectivity index (χ3n) is 2.15. The van der Waals surface area contributed by atoms with Crippen LogP contribution in [-0.4, -0.2) is 5.91 Å². The number of nitrogens with one attached hydrogen (secondary N) is 1. The third-order valence-corrected chi connectivity index (χ3v) is 2.89. The Kier molecular flexibility index (Phi) is 4.84. The number of amides is 1. The Morgan fingerprint density at radius 1 is 1.50 bits per heavy atom. The first kappa shape index (κ1) is 13.1. The number of halogens is 2. The molecule has 86 valence electrons. The van der Waals surface area contributed by atoms with Crippen LogP contribution in [0.5, 0.6) is 0 Å². The average Bonchev–Trinajstić information content (AvgIpc) is 2.22. The van der Waals surface area contributed by atoms with E-state index in [1.807, 2.05) is 13.0 Å². The standard InChI is InChI=1S/C12H13Cl2NO/c1-3-4-12(16)15-8(2)9-5-6-10(13)11(14)7-9/h3,5-8H,1,4H2,2H3,(H,15,16). The summed E-state index contributed by atoms with van der Waals surface area (Å²) in [6.45, 7) is 5.40. The summed E-state index contributed by atoms with van der Waals surface area (Å²) >= 11 is 11.7. The molecule has 0 aromatic heterocycles. The Bertz CT molecular complexity index is 404. The molecule has 0 fully saturated rings. The predicted octanol–water partition coefficient (Wildman–Crippen LogP) is 3.75. The van der Waals surface area contributed by atoms with Crippen LogP contribution in [0.25, 0.3) is 0 Å². The van der Waals surface area contributed by atoms with E-state index in [1.165, 1.54) is 0 Å². The van der Waals surface area contributed by atoms with Crippen molar-refractivity contribution in [2.45, 2.75) is 19.4 Å². The molecule has 0 aliphatic rings. The summed E-state index contributed by atoms with van der Waals surface area (Å²) in [7, 11) is 0. The maximum Gasteiger partial charge on any atom is 0.224 e. The van der Waals surface area contributed by atoms with Crippen LogP contribution in [0.2, 0.25) is 10.0 Å². The monoisotopic (exact) mass is 257 g/mol. The van der Waals surface area contributed by atoms with Gasteiger partial charge in [-0.3, -0.25) is 4.79 Å². The van der Waals surface area contributed by atoms with Gasteiger partial charge in [0.05, 0.1) is 16.1 Å². The summed E-state index contributed by atoms with van der Waals surface area (Å²) in [6, 6.07) is 5.22. The molecule has 2 nitrogen and oxygen atoms in total. The van der Waals surface area contributed by atoms with E-state index in [4.69, 9.17) is 23.2 Å². The lowest BCUT2D eigenvalue weighted by molar-refractivity contribution is -0.120. The number of hydrogen-bond donors (Lipinski definition) is 1. The van der Waals surface area contributed by atoms with Crippen molar-refractivity contribution in [3.63, 3.8) is 0 Å². The number of benzene rings is 1. The van der Waals surface area contributed by atoms with Gasteiger partial charge >= 0.3 is 0 Å². The quantitative estimate of drug-likeness (QED) is 0.819. The zero-order valence-corrected chi connectivity index (χ0v) is 10.5. The van der Waals surface area contributed by atoms with Crippen molar-refractivity contribution >= 4 is 29.1 Å². The summed E-state index contributed by atoms with van der Waals surface area (Å²) < 4.78 is 0. The fourth-order valence-corrected chi connectivity index (χ4v) is 1.60.